The van der Waals surface area contributed by atoms with Gasteiger partial charge in [0.25, 0.3) is 0 Å². The standard InChI is InChI=1S/C10H11NOS/c1-2-7-11-8-5-3-4-6-9(8)13-10(11)12/h3-6H,2,7H2,1H3. The van der Waals surface area contributed by atoms with Gasteiger partial charge in [-0.1, -0.05) is 30.4 Å². The van der Waals surface area contributed by atoms with E-state index in [1.54, 1.807) is 0 Å². The van der Waals surface area contributed by atoms with Crippen molar-refractivity contribution in [1.82, 2.24) is 4.57 Å². The molecule has 0 bridgehead atoms. The molecule has 3 heteroatoms. The van der Waals surface area contributed by atoms with Crippen LogP contribution in [0.3, 0.4) is 0 Å². The molecule has 0 atom stereocenters. The molecule has 0 saturated heterocycles. The van der Waals surface area contributed by atoms with Gasteiger partial charge in [0.2, 0.25) is 0 Å². The van der Waals surface area contributed by atoms with Crippen molar-refractivity contribution in [3.05, 3.63) is 33.9 Å². The highest BCUT2D eigenvalue weighted by Crippen LogP contribution is 2.16. The third-order valence-corrected chi connectivity index (χ3v) is 2.98. The summed E-state index contributed by atoms with van der Waals surface area (Å²) in [4.78, 5) is 11.7. The number of benzene rings is 1. The molecule has 68 valence electrons. The molecule has 0 unspecified atom stereocenters. The minimum atomic E-state index is 0.156. The first-order valence-corrected chi connectivity index (χ1v) is 5.23. The molecule has 0 aliphatic heterocycles. The van der Waals surface area contributed by atoms with E-state index in [0.717, 1.165) is 23.2 Å². The number of thiazole rings is 1. The van der Waals surface area contributed by atoms with Crippen LogP contribution in [0.4, 0.5) is 0 Å². The molecule has 2 nitrogen and oxygen atoms in total. The molecule has 1 aromatic heterocycles. The zero-order valence-corrected chi connectivity index (χ0v) is 8.30. The van der Waals surface area contributed by atoms with Gasteiger partial charge in [0, 0.05) is 6.54 Å². The first-order valence-electron chi connectivity index (χ1n) is 4.41. The van der Waals surface area contributed by atoms with Crippen molar-refractivity contribution in [3.8, 4) is 0 Å². The number of para-hydroxylation sites is 1. The molecule has 0 aliphatic rings. The monoisotopic (exact) mass is 193 g/mol. The largest absolute Gasteiger partial charge is 0.308 e. The molecule has 0 fully saturated rings. The average molecular weight is 193 g/mol. The highest BCUT2D eigenvalue weighted by molar-refractivity contribution is 7.16. The van der Waals surface area contributed by atoms with Gasteiger partial charge in [-0.25, -0.2) is 0 Å². The summed E-state index contributed by atoms with van der Waals surface area (Å²) in [5, 5.41) is 0. The Labute approximate surface area is 80.4 Å². The van der Waals surface area contributed by atoms with Crippen molar-refractivity contribution in [3.63, 3.8) is 0 Å². The van der Waals surface area contributed by atoms with Gasteiger partial charge in [0.15, 0.2) is 0 Å². The van der Waals surface area contributed by atoms with Gasteiger partial charge in [-0.3, -0.25) is 9.36 Å². The summed E-state index contributed by atoms with van der Waals surface area (Å²) in [6.45, 7) is 2.90. The van der Waals surface area contributed by atoms with E-state index in [2.05, 4.69) is 6.92 Å². The second-order valence-corrected chi connectivity index (χ2v) is 3.98. The molecule has 1 heterocycles. The zero-order chi connectivity index (χ0) is 9.26. The van der Waals surface area contributed by atoms with Gasteiger partial charge >= 0.3 is 4.87 Å². The summed E-state index contributed by atoms with van der Waals surface area (Å²) >= 11 is 1.33. The number of rotatable bonds is 2. The highest BCUT2D eigenvalue weighted by Gasteiger charge is 2.04. The minimum absolute atomic E-state index is 0.156. The summed E-state index contributed by atoms with van der Waals surface area (Å²) in [6, 6.07) is 7.94. The molecule has 0 aliphatic carbocycles. The predicted octanol–water partition coefficient (Wildman–Crippen LogP) is 2.47. The van der Waals surface area contributed by atoms with Crippen LogP contribution in [0.25, 0.3) is 10.2 Å². The number of aromatic nitrogens is 1. The van der Waals surface area contributed by atoms with Gasteiger partial charge in [-0.2, -0.15) is 0 Å². The Morgan fingerprint density at radius 3 is 2.92 bits per heavy atom. The van der Waals surface area contributed by atoms with Crippen LogP contribution in [0.15, 0.2) is 29.1 Å². The predicted molar refractivity (Wildman–Crippen MR) is 56.4 cm³/mol. The van der Waals surface area contributed by atoms with E-state index in [9.17, 15) is 4.79 Å². The van der Waals surface area contributed by atoms with Crippen LogP contribution in [0, 0.1) is 0 Å². The van der Waals surface area contributed by atoms with E-state index in [1.807, 2.05) is 28.8 Å². The topological polar surface area (TPSA) is 22.0 Å². The quantitative estimate of drug-likeness (QED) is 0.718. The van der Waals surface area contributed by atoms with Crippen LogP contribution in [0.2, 0.25) is 0 Å². The van der Waals surface area contributed by atoms with Crippen molar-refractivity contribution in [2.45, 2.75) is 19.9 Å². The maximum absolute atomic E-state index is 11.5. The molecule has 0 N–H and O–H groups in total. The minimum Gasteiger partial charge on any atom is -0.299 e. The maximum Gasteiger partial charge on any atom is 0.308 e. The van der Waals surface area contributed by atoms with E-state index in [4.69, 9.17) is 0 Å². The van der Waals surface area contributed by atoms with E-state index >= 15 is 0 Å². The Morgan fingerprint density at radius 1 is 1.38 bits per heavy atom. The van der Waals surface area contributed by atoms with E-state index < -0.39 is 0 Å². The molecule has 0 amide bonds. The molecule has 13 heavy (non-hydrogen) atoms. The fourth-order valence-electron chi connectivity index (χ4n) is 1.45. The smallest absolute Gasteiger partial charge is 0.299 e. The molecule has 0 spiro atoms. The molecule has 1 aromatic carbocycles. The fraction of sp³-hybridized carbons (Fsp3) is 0.300. The van der Waals surface area contributed by atoms with E-state index in [0.29, 0.717) is 0 Å². The van der Waals surface area contributed by atoms with Crippen molar-refractivity contribution >= 4 is 21.6 Å². The molecule has 0 saturated carbocycles. The molecular weight excluding hydrogens is 182 g/mol. The van der Waals surface area contributed by atoms with Crippen LogP contribution < -0.4 is 4.87 Å². The van der Waals surface area contributed by atoms with Gasteiger partial charge in [0.1, 0.15) is 0 Å². The molecule has 0 radical (unpaired) electrons. The van der Waals surface area contributed by atoms with Crippen molar-refractivity contribution < 1.29 is 0 Å². The van der Waals surface area contributed by atoms with Crippen molar-refractivity contribution in [2.75, 3.05) is 0 Å². The number of fused-ring (bicyclic) bond motifs is 1. The fourth-order valence-corrected chi connectivity index (χ4v) is 2.37. The number of hydrogen-bond donors (Lipinski definition) is 0. The summed E-state index contributed by atoms with van der Waals surface area (Å²) in [5.74, 6) is 0. The van der Waals surface area contributed by atoms with Crippen LogP contribution in [-0.2, 0) is 6.54 Å². The number of nitrogens with zero attached hydrogens (tertiary/aromatic N) is 1. The second-order valence-electron chi connectivity index (χ2n) is 2.99. The van der Waals surface area contributed by atoms with Crippen molar-refractivity contribution in [1.29, 1.82) is 0 Å². The van der Waals surface area contributed by atoms with Gasteiger partial charge < -0.3 is 0 Å². The van der Waals surface area contributed by atoms with Crippen LogP contribution in [0.5, 0.6) is 0 Å². The van der Waals surface area contributed by atoms with Crippen molar-refractivity contribution in [2.24, 2.45) is 0 Å². The van der Waals surface area contributed by atoms with Crippen LogP contribution in [0.1, 0.15) is 13.3 Å². The zero-order valence-electron chi connectivity index (χ0n) is 7.49. The number of hydrogen-bond acceptors (Lipinski definition) is 2. The highest BCUT2D eigenvalue weighted by atomic mass is 32.1. The Morgan fingerprint density at radius 2 is 2.15 bits per heavy atom. The first kappa shape index (κ1) is 8.51. The lowest BCUT2D eigenvalue weighted by atomic mass is 10.3. The summed E-state index contributed by atoms with van der Waals surface area (Å²) in [6.07, 6.45) is 1.00. The Kier molecular flexibility index (Phi) is 2.19. The summed E-state index contributed by atoms with van der Waals surface area (Å²) < 4.78 is 2.93. The SMILES string of the molecule is CCCn1c(=O)sc2ccccc21. The van der Waals surface area contributed by atoms with Gasteiger partial charge in [-0.05, 0) is 18.6 Å². The van der Waals surface area contributed by atoms with Crippen LogP contribution >= 0.6 is 11.3 Å². The molecular formula is C10H11NOS. The third kappa shape index (κ3) is 1.40. The summed E-state index contributed by atoms with van der Waals surface area (Å²) in [5.41, 5.74) is 1.07. The Bertz CT molecular complexity index is 469. The number of aryl methyl sites for hydroxylation is 1. The maximum atomic E-state index is 11.5. The lowest BCUT2D eigenvalue weighted by Gasteiger charge is -1.98. The lowest BCUT2D eigenvalue weighted by Crippen LogP contribution is -2.11. The Balaban J connectivity index is 2.71. The van der Waals surface area contributed by atoms with Crippen LogP contribution in [-0.4, -0.2) is 4.57 Å². The Hall–Kier alpha value is -1.09. The second kappa shape index (κ2) is 3.34. The van der Waals surface area contributed by atoms with Gasteiger partial charge in [0.05, 0.1) is 10.2 Å². The van der Waals surface area contributed by atoms with E-state index in [1.165, 1.54) is 11.3 Å². The molecule has 2 aromatic rings. The average Bonchev–Trinajstić information content (AvgIpc) is 2.44. The third-order valence-electron chi connectivity index (χ3n) is 2.02. The van der Waals surface area contributed by atoms with E-state index in [-0.39, 0.29) is 4.87 Å². The van der Waals surface area contributed by atoms with Gasteiger partial charge in [-0.15, -0.1) is 0 Å². The molecule has 2 rings (SSSR count). The lowest BCUT2D eigenvalue weighted by molar-refractivity contribution is 0.690. The first-order chi connectivity index (χ1) is 6.33. The summed E-state index contributed by atoms with van der Waals surface area (Å²) in [7, 11) is 0. The normalized spacial score (nSPS) is 10.8.